The summed E-state index contributed by atoms with van der Waals surface area (Å²) in [4.78, 5) is 24.6. The number of carbonyl (C=O) groups is 2. The van der Waals surface area contributed by atoms with Gasteiger partial charge in [-0.15, -0.1) is 0 Å². The molecule has 150 valence electrons. The lowest BCUT2D eigenvalue weighted by Crippen LogP contribution is -2.30. The SMILES string of the molecule is Cc1cc(C)c(C(=O)COC(=O)c2ccc(S(=O)(=O)NC(C)C)cc2)cc1C. The summed E-state index contributed by atoms with van der Waals surface area (Å²) in [6.07, 6.45) is 0. The van der Waals surface area contributed by atoms with Crippen LogP contribution in [-0.4, -0.2) is 32.8 Å². The van der Waals surface area contributed by atoms with Crippen molar-refractivity contribution >= 4 is 21.8 Å². The molecule has 0 spiro atoms. The first-order chi connectivity index (χ1) is 13.0. The van der Waals surface area contributed by atoms with Crippen LogP contribution in [0.25, 0.3) is 0 Å². The van der Waals surface area contributed by atoms with Gasteiger partial charge in [-0.2, -0.15) is 0 Å². The molecule has 0 saturated carbocycles. The van der Waals surface area contributed by atoms with Gasteiger partial charge < -0.3 is 4.74 Å². The second-order valence-electron chi connectivity index (χ2n) is 7.05. The zero-order chi connectivity index (χ0) is 21.1. The Morgan fingerprint density at radius 3 is 2.11 bits per heavy atom. The van der Waals surface area contributed by atoms with Gasteiger partial charge in [0.15, 0.2) is 6.61 Å². The molecule has 2 rings (SSSR count). The van der Waals surface area contributed by atoms with Gasteiger partial charge in [-0.3, -0.25) is 4.79 Å². The smallest absolute Gasteiger partial charge is 0.338 e. The maximum Gasteiger partial charge on any atom is 0.338 e. The van der Waals surface area contributed by atoms with Crippen LogP contribution in [0.1, 0.15) is 51.3 Å². The number of carbonyl (C=O) groups excluding carboxylic acids is 2. The third-order valence-corrected chi connectivity index (χ3v) is 5.94. The number of ketones is 1. The average molecular weight is 404 g/mol. The van der Waals surface area contributed by atoms with E-state index in [1.165, 1.54) is 24.3 Å². The van der Waals surface area contributed by atoms with Crippen molar-refractivity contribution in [1.82, 2.24) is 4.72 Å². The van der Waals surface area contributed by atoms with Crippen LogP contribution >= 0.6 is 0 Å². The van der Waals surface area contributed by atoms with Crippen LogP contribution in [0.15, 0.2) is 41.3 Å². The number of hydrogen-bond donors (Lipinski definition) is 1. The number of nitrogens with one attached hydrogen (secondary N) is 1. The van der Waals surface area contributed by atoms with Gasteiger partial charge >= 0.3 is 5.97 Å². The molecule has 6 nitrogen and oxygen atoms in total. The first-order valence-electron chi connectivity index (χ1n) is 8.92. The molecule has 0 atom stereocenters. The fourth-order valence-corrected chi connectivity index (χ4v) is 3.95. The Balaban J connectivity index is 2.06. The highest BCUT2D eigenvalue weighted by molar-refractivity contribution is 7.89. The van der Waals surface area contributed by atoms with E-state index in [4.69, 9.17) is 4.74 Å². The van der Waals surface area contributed by atoms with Crippen molar-refractivity contribution in [3.05, 3.63) is 64.2 Å². The van der Waals surface area contributed by atoms with Crippen LogP contribution in [0.2, 0.25) is 0 Å². The van der Waals surface area contributed by atoms with Crippen molar-refractivity contribution in [3.63, 3.8) is 0 Å². The maximum absolute atomic E-state index is 12.4. The molecule has 0 aromatic heterocycles. The van der Waals surface area contributed by atoms with E-state index < -0.39 is 16.0 Å². The minimum atomic E-state index is -3.63. The van der Waals surface area contributed by atoms with Crippen LogP contribution in [-0.2, 0) is 14.8 Å². The average Bonchev–Trinajstić information content (AvgIpc) is 2.61. The fourth-order valence-electron chi connectivity index (χ4n) is 2.70. The maximum atomic E-state index is 12.4. The topological polar surface area (TPSA) is 89.5 Å². The molecule has 0 aliphatic rings. The van der Waals surface area contributed by atoms with E-state index in [0.29, 0.717) is 5.56 Å². The molecule has 0 aliphatic carbocycles. The zero-order valence-electron chi connectivity index (χ0n) is 16.7. The monoisotopic (exact) mass is 403 g/mol. The summed E-state index contributed by atoms with van der Waals surface area (Å²) in [5, 5.41) is 0. The van der Waals surface area contributed by atoms with Gasteiger partial charge in [0.25, 0.3) is 0 Å². The molecule has 2 aromatic rings. The Morgan fingerprint density at radius 1 is 0.964 bits per heavy atom. The molecule has 28 heavy (non-hydrogen) atoms. The number of rotatable bonds is 7. The van der Waals surface area contributed by atoms with Crippen molar-refractivity contribution in [2.45, 2.75) is 45.6 Å². The minimum absolute atomic E-state index is 0.0552. The Morgan fingerprint density at radius 2 is 1.54 bits per heavy atom. The number of sulfonamides is 1. The van der Waals surface area contributed by atoms with Crippen LogP contribution in [0.3, 0.4) is 0 Å². The molecule has 0 saturated heterocycles. The first-order valence-corrected chi connectivity index (χ1v) is 10.4. The quantitative estimate of drug-likeness (QED) is 0.566. The number of aryl methyl sites for hydroxylation is 3. The van der Waals surface area contributed by atoms with Gasteiger partial charge in [0.2, 0.25) is 15.8 Å². The fraction of sp³-hybridized carbons (Fsp3) is 0.333. The molecular weight excluding hydrogens is 378 g/mol. The lowest BCUT2D eigenvalue weighted by molar-refractivity contribution is 0.0474. The normalized spacial score (nSPS) is 11.5. The van der Waals surface area contributed by atoms with Gasteiger partial charge in [-0.1, -0.05) is 6.07 Å². The summed E-state index contributed by atoms with van der Waals surface area (Å²) in [6, 6.07) is 8.87. The van der Waals surface area contributed by atoms with Crippen LogP contribution in [0.4, 0.5) is 0 Å². The molecule has 0 heterocycles. The summed E-state index contributed by atoms with van der Waals surface area (Å²) in [5.74, 6) is -0.968. The zero-order valence-corrected chi connectivity index (χ0v) is 17.5. The van der Waals surface area contributed by atoms with E-state index >= 15 is 0 Å². The number of benzene rings is 2. The molecule has 0 radical (unpaired) electrons. The predicted molar refractivity (Wildman–Crippen MR) is 107 cm³/mol. The molecular formula is C21H25NO5S. The van der Waals surface area contributed by atoms with E-state index in [9.17, 15) is 18.0 Å². The lowest BCUT2D eigenvalue weighted by Gasteiger charge is -2.11. The third kappa shape index (κ3) is 5.27. The molecule has 7 heteroatoms. The molecule has 0 aliphatic heterocycles. The van der Waals surface area contributed by atoms with Crippen molar-refractivity contribution in [1.29, 1.82) is 0 Å². The Labute approximate surface area is 166 Å². The predicted octanol–water partition coefficient (Wildman–Crippen LogP) is 3.34. The highest BCUT2D eigenvalue weighted by atomic mass is 32.2. The first kappa shape index (κ1) is 21.8. The van der Waals surface area contributed by atoms with E-state index in [0.717, 1.165) is 16.7 Å². The lowest BCUT2D eigenvalue weighted by atomic mass is 9.98. The Hall–Kier alpha value is -2.51. The van der Waals surface area contributed by atoms with E-state index in [1.54, 1.807) is 19.9 Å². The van der Waals surface area contributed by atoms with Crippen molar-refractivity contribution in [2.75, 3.05) is 6.61 Å². The number of ether oxygens (including phenoxy) is 1. The summed E-state index contributed by atoms with van der Waals surface area (Å²) < 4.78 is 31.8. The van der Waals surface area contributed by atoms with Crippen LogP contribution < -0.4 is 4.72 Å². The minimum Gasteiger partial charge on any atom is -0.454 e. The van der Waals surface area contributed by atoms with Crippen molar-refractivity contribution < 1.29 is 22.7 Å². The standard InChI is InChI=1S/C21H25NO5S/c1-13(2)22-28(25,26)18-8-6-17(7-9-18)21(24)27-12-20(23)19-11-15(4)14(3)10-16(19)5/h6-11,13,22H,12H2,1-5H3. The van der Waals surface area contributed by atoms with Gasteiger partial charge in [0, 0.05) is 11.6 Å². The number of esters is 1. The number of Topliss-reactive ketones (excluding diaryl/α,β-unsaturated/α-hetero) is 1. The molecule has 0 fully saturated rings. The molecule has 2 aromatic carbocycles. The Kier molecular flexibility index (Phi) is 6.74. The molecule has 0 amide bonds. The highest BCUT2D eigenvalue weighted by Gasteiger charge is 2.18. The van der Waals surface area contributed by atoms with Gasteiger partial charge in [-0.25, -0.2) is 17.9 Å². The van der Waals surface area contributed by atoms with Crippen molar-refractivity contribution in [2.24, 2.45) is 0 Å². The second-order valence-corrected chi connectivity index (χ2v) is 8.77. The third-order valence-electron chi connectivity index (χ3n) is 4.27. The van der Waals surface area contributed by atoms with E-state index in [2.05, 4.69) is 4.72 Å². The Bertz CT molecular complexity index is 992. The molecule has 0 unspecified atom stereocenters. The van der Waals surface area contributed by atoms with Crippen molar-refractivity contribution in [3.8, 4) is 0 Å². The summed E-state index contributed by atoms with van der Waals surface area (Å²) in [5.41, 5.74) is 3.61. The van der Waals surface area contributed by atoms with E-state index in [1.807, 2.05) is 26.8 Å². The summed E-state index contributed by atoms with van der Waals surface area (Å²) >= 11 is 0. The van der Waals surface area contributed by atoms with Gasteiger partial charge in [-0.05, 0) is 81.6 Å². The van der Waals surface area contributed by atoms with Gasteiger partial charge in [0.05, 0.1) is 10.5 Å². The van der Waals surface area contributed by atoms with Crippen LogP contribution in [0, 0.1) is 20.8 Å². The molecule has 1 N–H and O–H groups in total. The largest absolute Gasteiger partial charge is 0.454 e. The second kappa shape index (κ2) is 8.67. The summed E-state index contributed by atoms with van der Waals surface area (Å²) in [6.45, 7) is 8.79. The van der Waals surface area contributed by atoms with Gasteiger partial charge in [0.1, 0.15) is 0 Å². The molecule has 0 bridgehead atoms. The van der Waals surface area contributed by atoms with E-state index in [-0.39, 0.29) is 28.9 Å². The van der Waals surface area contributed by atoms with Crippen LogP contribution in [0.5, 0.6) is 0 Å². The summed E-state index contributed by atoms with van der Waals surface area (Å²) in [7, 11) is -3.63. The highest BCUT2D eigenvalue weighted by Crippen LogP contribution is 2.17. The number of hydrogen-bond acceptors (Lipinski definition) is 5.